The average Bonchev–Trinajstić information content (AvgIpc) is 2.72. The van der Waals surface area contributed by atoms with Gasteiger partial charge < -0.3 is 9.26 Å². The third-order valence-electron chi connectivity index (χ3n) is 2.05. The number of ether oxygens (including phenoxy) is 1. The molecule has 1 heterocycles. The first kappa shape index (κ1) is 13.0. The smallest absolute Gasteiger partial charge is 0.339 e. The Morgan fingerprint density at radius 2 is 2.33 bits per heavy atom. The van der Waals surface area contributed by atoms with Gasteiger partial charge in [-0.05, 0) is 41.1 Å². The van der Waals surface area contributed by atoms with Crippen LogP contribution in [0.1, 0.15) is 22.1 Å². The molecule has 0 bridgehead atoms. The minimum Gasteiger partial charge on any atom is -0.452 e. The number of benzene rings is 1. The van der Waals surface area contributed by atoms with Crippen molar-refractivity contribution >= 4 is 33.5 Å². The molecule has 2 rings (SSSR count). The maximum Gasteiger partial charge on any atom is 0.339 e. The summed E-state index contributed by atoms with van der Waals surface area (Å²) in [5.74, 6) is 0.258. The standard InChI is InChI=1S/C11H8BrClN2O3/c1-6-14-10(18-15-6)5-17-11(16)8-3-2-7(13)4-9(8)12/h2-4H,5H2,1H3. The van der Waals surface area contributed by atoms with Gasteiger partial charge in [-0.15, -0.1) is 0 Å². The zero-order chi connectivity index (χ0) is 13.1. The highest BCUT2D eigenvalue weighted by molar-refractivity contribution is 9.10. The van der Waals surface area contributed by atoms with Crippen LogP contribution in [0.5, 0.6) is 0 Å². The van der Waals surface area contributed by atoms with E-state index < -0.39 is 5.97 Å². The summed E-state index contributed by atoms with van der Waals surface area (Å²) < 4.78 is 10.4. The molecule has 0 aliphatic heterocycles. The van der Waals surface area contributed by atoms with Crippen molar-refractivity contribution < 1.29 is 14.1 Å². The lowest BCUT2D eigenvalue weighted by Gasteiger charge is -2.04. The quantitative estimate of drug-likeness (QED) is 0.808. The predicted octanol–water partition coefficient (Wildman–Crippen LogP) is 3.15. The number of nitrogens with zero attached hydrogens (tertiary/aromatic N) is 2. The molecular formula is C11H8BrClN2O3. The van der Waals surface area contributed by atoms with Crippen molar-refractivity contribution in [2.24, 2.45) is 0 Å². The van der Waals surface area contributed by atoms with Crippen LogP contribution < -0.4 is 0 Å². The average molecular weight is 332 g/mol. The van der Waals surface area contributed by atoms with Crippen LogP contribution in [-0.2, 0) is 11.3 Å². The molecule has 94 valence electrons. The molecule has 1 aromatic carbocycles. The number of halogens is 2. The number of rotatable bonds is 3. The summed E-state index contributed by atoms with van der Waals surface area (Å²) in [5, 5.41) is 4.13. The molecule has 0 aliphatic carbocycles. The van der Waals surface area contributed by atoms with Crippen LogP contribution in [0.2, 0.25) is 5.02 Å². The summed E-state index contributed by atoms with van der Waals surface area (Å²) in [6.45, 7) is 1.62. The van der Waals surface area contributed by atoms with Gasteiger partial charge in [0, 0.05) is 9.50 Å². The van der Waals surface area contributed by atoms with E-state index >= 15 is 0 Å². The predicted molar refractivity (Wildman–Crippen MR) is 67.3 cm³/mol. The van der Waals surface area contributed by atoms with Crippen molar-refractivity contribution in [2.45, 2.75) is 13.5 Å². The number of aromatic nitrogens is 2. The number of hydrogen-bond acceptors (Lipinski definition) is 5. The first-order valence-corrected chi connectivity index (χ1v) is 6.14. The zero-order valence-electron chi connectivity index (χ0n) is 9.31. The summed E-state index contributed by atoms with van der Waals surface area (Å²) in [4.78, 5) is 15.7. The largest absolute Gasteiger partial charge is 0.452 e. The summed E-state index contributed by atoms with van der Waals surface area (Å²) in [6, 6.07) is 4.81. The Kier molecular flexibility index (Phi) is 3.98. The van der Waals surface area contributed by atoms with E-state index in [1.807, 2.05) is 0 Å². The van der Waals surface area contributed by atoms with Crippen molar-refractivity contribution in [1.29, 1.82) is 0 Å². The molecule has 0 amide bonds. The Labute approximate surface area is 116 Å². The van der Waals surface area contributed by atoms with Crippen molar-refractivity contribution in [2.75, 3.05) is 0 Å². The second-order valence-electron chi connectivity index (χ2n) is 3.44. The fourth-order valence-corrected chi connectivity index (χ4v) is 2.10. The number of carbonyl (C=O) groups excluding carboxylic acids is 1. The lowest BCUT2D eigenvalue weighted by molar-refractivity contribution is 0.0428. The second kappa shape index (κ2) is 5.49. The molecule has 0 N–H and O–H groups in total. The van der Waals surface area contributed by atoms with E-state index in [1.165, 1.54) is 0 Å². The fraction of sp³-hybridized carbons (Fsp3) is 0.182. The Hall–Kier alpha value is -1.40. The van der Waals surface area contributed by atoms with Crippen molar-refractivity contribution in [3.8, 4) is 0 Å². The van der Waals surface area contributed by atoms with Gasteiger partial charge in [-0.25, -0.2) is 4.79 Å². The maximum atomic E-state index is 11.8. The Bertz CT molecular complexity index is 585. The second-order valence-corrected chi connectivity index (χ2v) is 4.73. The van der Waals surface area contributed by atoms with Crippen LogP contribution in [0, 0.1) is 6.92 Å². The summed E-state index contributed by atoms with van der Waals surface area (Å²) >= 11 is 9.02. The van der Waals surface area contributed by atoms with Crippen LogP contribution >= 0.6 is 27.5 Å². The summed E-state index contributed by atoms with van der Waals surface area (Å²) in [6.07, 6.45) is 0. The van der Waals surface area contributed by atoms with Gasteiger partial charge in [0.25, 0.3) is 5.89 Å². The number of hydrogen-bond donors (Lipinski definition) is 0. The molecule has 0 spiro atoms. The van der Waals surface area contributed by atoms with E-state index in [9.17, 15) is 4.79 Å². The molecule has 1 aromatic heterocycles. The minimum atomic E-state index is -0.491. The Morgan fingerprint density at radius 3 is 2.94 bits per heavy atom. The van der Waals surface area contributed by atoms with Gasteiger partial charge in [-0.1, -0.05) is 16.8 Å². The van der Waals surface area contributed by atoms with E-state index in [2.05, 4.69) is 26.1 Å². The SMILES string of the molecule is Cc1noc(COC(=O)c2ccc(Cl)cc2Br)n1. The molecule has 18 heavy (non-hydrogen) atoms. The van der Waals surface area contributed by atoms with Crippen LogP contribution in [0.15, 0.2) is 27.2 Å². The lowest BCUT2D eigenvalue weighted by Crippen LogP contribution is -2.06. The van der Waals surface area contributed by atoms with Crippen molar-refractivity contribution in [3.05, 3.63) is 45.0 Å². The molecule has 0 saturated heterocycles. The highest BCUT2D eigenvalue weighted by atomic mass is 79.9. The number of carbonyl (C=O) groups is 1. The Balaban J connectivity index is 2.03. The van der Waals surface area contributed by atoms with Gasteiger partial charge in [0.05, 0.1) is 5.56 Å². The number of aryl methyl sites for hydroxylation is 1. The molecule has 5 nitrogen and oxygen atoms in total. The molecule has 0 aliphatic rings. The third kappa shape index (κ3) is 3.08. The van der Waals surface area contributed by atoms with Gasteiger partial charge >= 0.3 is 5.97 Å². The molecule has 7 heteroatoms. The number of esters is 1. The van der Waals surface area contributed by atoms with Gasteiger partial charge in [0.15, 0.2) is 12.4 Å². The molecule has 0 radical (unpaired) electrons. The molecule has 2 aromatic rings. The monoisotopic (exact) mass is 330 g/mol. The molecule has 0 atom stereocenters. The summed E-state index contributed by atoms with van der Waals surface area (Å²) in [5.41, 5.74) is 0.385. The molecule has 0 fully saturated rings. The van der Waals surface area contributed by atoms with E-state index in [0.29, 0.717) is 20.9 Å². The van der Waals surface area contributed by atoms with E-state index in [4.69, 9.17) is 20.9 Å². The van der Waals surface area contributed by atoms with Gasteiger partial charge in [0.1, 0.15) is 0 Å². The minimum absolute atomic E-state index is 0.0608. The van der Waals surface area contributed by atoms with Crippen molar-refractivity contribution in [3.63, 3.8) is 0 Å². The highest BCUT2D eigenvalue weighted by Crippen LogP contribution is 2.22. The van der Waals surface area contributed by atoms with Gasteiger partial charge in [0.2, 0.25) is 0 Å². The van der Waals surface area contributed by atoms with E-state index in [1.54, 1.807) is 25.1 Å². The van der Waals surface area contributed by atoms with Gasteiger partial charge in [-0.2, -0.15) is 4.98 Å². The van der Waals surface area contributed by atoms with Crippen LogP contribution in [0.3, 0.4) is 0 Å². The molecular weight excluding hydrogens is 323 g/mol. The first-order chi connectivity index (χ1) is 8.56. The maximum absolute atomic E-state index is 11.8. The van der Waals surface area contributed by atoms with Crippen LogP contribution in [0.4, 0.5) is 0 Å². The molecule has 0 saturated carbocycles. The van der Waals surface area contributed by atoms with Crippen molar-refractivity contribution in [1.82, 2.24) is 10.1 Å². The Morgan fingerprint density at radius 1 is 1.56 bits per heavy atom. The van der Waals surface area contributed by atoms with Gasteiger partial charge in [-0.3, -0.25) is 0 Å². The summed E-state index contributed by atoms with van der Waals surface area (Å²) in [7, 11) is 0. The lowest BCUT2D eigenvalue weighted by atomic mass is 10.2. The van der Waals surface area contributed by atoms with Crippen LogP contribution in [-0.4, -0.2) is 16.1 Å². The highest BCUT2D eigenvalue weighted by Gasteiger charge is 2.13. The molecule has 0 unspecified atom stereocenters. The van der Waals surface area contributed by atoms with Crippen LogP contribution in [0.25, 0.3) is 0 Å². The fourth-order valence-electron chi connectivity index (χ4n) is 1.26. The zero-order valence-corrected chi connectivity index (χ0v) is 11.7. The topological polar surface area (TPSA) is 65.2 Å². The van der Waals surface area contributed by atoms with E-state index in [-0.39, 0.29) is 12.5 Å². The van der Waals surface area contributed by atoms with E-state index in [0.717, 1.165) is 0 Å². The first-order valence-electron chi connectivity index (χ1n) is 4.97. The normalized spacial score (nSPS) is 10.4. The third-order valence-corrected chi connectivity index (χ3v) is 2.94.